The topological polar surface area (TPSA) is 18.5 Å². The van der Waals surface area contributed by atoms with Crippen LogP contribution in [0.2, 0.25) is 0 Å². The highest BCUT2D eigenvalue weighted by molar-refractivity contribution is 5.95. The molecule has 0 radical (unpaired) electrons. The van der Waals surface area contributed by atoms with Crippen molar-refractivity contribution < 1.29 is 9.47 Å². The van der Waals surface area contributed by atoms with E-state index in [0.29, 0.717) is 11.8 Å². The van der Waals surface area contributed by atoms with E-state index in [-0.39, 0.29) is 5.41 Å². The predicted molar refractivity (Wildman–Crippen MR) is 135 cm³/mol. The summed E-state index contributed by atoms with van der Waals surface area (Å²) in [7, 11) is 0. The Kier molecular flexibility index (Phi) is 7.73. The van der Waals surface area contributed by atoms with Crippen molar-refractivity contribution in [3.05, 3.63) is 34.2 Å². The highest BCUT2D eigenvalue weighted by atomic mass is 16.5. The molecule has 0 aliphatic heterocycles. The van der Waals surface area contributed by atoms with Gasteiger partial charge >= 0.3 is 0 Å². The van der Waals surface area contributed by atoms with Gasteiger partial charge in [0.1, 0.15) is 11.5 Å². The molecule has 3 rings (SSSR count). The number of fused-ring (bicyclic) bond motifs is 2. The summed E-state index contributed by atoms with van der Waals surface area (Å²) < 4.78 is 13.1. The number of rotatable bonds is 10. The van der Waals surface area contributed by atoms with Crippen LogP contribution in [0.5, 0.6) is 11.5 Å². The molecule has 1 aliphatic rings. The number of benzene rings is 2. The van der Waals surface area contributed by atoms with Crippen LogP contribution in [0.25, 0.3) is 22.9 Å². The molecule has 0 saturated heterocycles. The highest BCUT2D eigenvalue weighted by Crippen LogP contribution is 2.35. The fraction of sp³-hybridized carbons (Fsp3) is 0.586. The summed E-state index contributed by atoms with van der Waals surface area (Å²) in [5.41, 5.74) is 1.49. The molecular weight excluding hydrogens is 380 g/mol. The van der Waals surface area contributed by atoms with Crippen LogP contribution in [-0.2, 0) is 5.41 Å². The third kappa shape index (κ3) is 5.10. The third-order valence-corrected chi connectivity index (χ3v) is 7.24. The van der Waals surface area contributed by atoms with Gasteiger partial charge in [-0.1, -0.05) is 85.6 Å². The lowest BCUT2D eigenvalue weighted by Gasteiger charge is -2.25. The molecule has 0 fully saturated rings. The molecule has 2 aromatic rings. The van der Waals surface area contributed by atoms with Crippen LogP contribution in [-0.4, -0.2) is 13.2 Å². The van der Waals surface area contributed by atoms with E-state index in [1.807, 2.05) is 0 Å². The van der Waals surface area contributed by atoms with Crippen molar-refractivity contribution in [2.75, 3.05) is 13.2 Å². The van der Waals surface area contributed by atoms with Crippen molar-refractivity contribution in [1.82, 2.24) is 0 Å². The van der Waals surface area contributed by atoms with Crippen LogP contribution in [0.3, 0.4) is 0 Å². The van der Waals surface area contributed by atoms with E-state index in [0.717, 1.165) is 56.8 Å². The van der Waals surface area contributed by atoms with Gasteiger partial charge in [-0.25, -0.2) is 0 Å². The second-order valence-electron chi connectivity index (χ2n) is 10.1. The van der Waals surface area contributed by atoms with Gasteiger partial charge in [0, 0.05) is 21.2 Å². The lowest BCUT2D eigenvalue weighted by atomic mass is 9.81. The molecule has 2 atom stereocenters. The van der Waals surface area contributed by atoms with E-state index in [2.05, 4.69) is 78.8 Å². The van der Waals surface area contributed by atoms with Gasteiger partial charge in [0.15, 0.2) is 0 Å². The van der Waals surface area contributed by atoms with E-state index in [9.17, 15) is 0 Å². The Morgan fingerprint density at radius 1 is 0.806 bits per heavy atom. The van der Waals surface area contributed by atoms with Crippen LogP contribution in [0.1, 0.15) is 86.1 Å². The molecular formula is C29H42O2. The van der Waals surface area contributed by atoms with E-state index in [1.54, 1.807) is 0 Å². The predicted octanol–water partition coefficient (Wildman–Crippen LogP) is 6.73. The molecule has 2 nitrogen and oxygen atoms in total. The first-order valence-electron chi connectivity index (χ1n) is 12.4. The Labute approximate surface area is 189 Å². The maximum atomic E-state index is 6.57. The number of hydrogen-bond donors (Lipinski definition) is 0. The largest absolute Gasteiger partial charge is 0.492 e. The molecule has 0 amide bonds. The van der Waals surface area contributed by atoms with E-state index < -0.39 is 0 Å². The Balaban J connectivity index is 2.27. The van der Waals surface area contributed by atoms with E-state index >= 15 is 0 Å². The van der Waals surface area contributed by atoms with Crippen molar-refractivity contribution in [2.45, 2.75) is 86.0 Å². The monoisotopic (exact) mass is 422 g/mol. The Bertz CT molecular complexity index is 1020. The molecule has 0 bridgehead atoms. The number of hydrogen-bond acceptors (Lipinski definition) is 2. The Morgan fingerprint density at radius 2 is 1.32 bits per heavy atom. The second-order valence-corrected chi connectivity index (χ2v) is 10.1. The first-order chi connectivity index (χ1) is 14.8. The fourth-order valence-corrected chi connectivity index (χ4v) is 3.95. The van der Waals surface area contributed by atoms with Crippen LogP contribution < -0.4 is 19.9 Å². The first kappa shape index (κ1) is 23.7. The van der Waals surface area contributed by atoms with Crippen LogP contribution in [0.15, 0.2) is 18.2 Å². The fourth-order valence-electron chi connectivity index (χ4n) is 3.95. The van der Waals surface area contributed by atoms with Gasteiger partial charge in [-0.2, -0.15) is 0 Å². The Morgan fingerprint density at radius 3 is 1.81 bits per heavy atom. The molecule has 1 aliphatic carbocycles. The molecule has 170 valence electrons. The highest BCUT2D eigenvalue weighted by Gasteiger charge is 2.22. The van der Waals surface area contributed by atoms with Crippen molar-refractivity contribution in [1.29, 1.82) is 0 Å². The molecule has 2 unspecified atom stereocenters. The smallest absolute Gasteiger partial charge is 0.134 e. The quantitative estimate of drug-likeness (QED) is 0.422. The number of ether oxygens (including phenoxy) is 2. The lowest BCUT2D eigenvalue weighted by molar-refractivity contribution is 0.251. The van der Waals surface area contributed by atoms with Gasteiger partial charge in [-0.3, -0.25) is 0 Å². The second kappa shape index (κ2) is 10.1. The van der Waals surface area contributed by atoms with Gasteiger partial charge in [0.25, 0.3) is 0 Å². The summed E-state index contributed by atoms with van der Waals surface area (Å²) in [6.45, 7) is 17.4. The van der Waals surface area contributed by atoms with Gasteiger partial charge < -0.3 is 9.47 Å². The van der Waals surface area contributed by atoms with Crippen molar-refractivity contribution in [2.24, 2.45) is 11.8 Å². The molecule has 2 aromatic carbocycles. The Hall–Kier alpha value is -1.96. The van der Waals surface area contributed by atoms with Gasteiger partial charge in [0.05, 0.1) is 13.2 Å². The maximum absolute atomic E-state index is 6.57. The van der Waals surface area contributed by atoms with Gasteiger partial charge in [-0.15, -0.1) is 0 Å². The average molecular weight is 423 g/mol. The third-order valence-electron chi connectivity index (χ3n) is 7.24. The zero-order valence-corrected chi connectivity index (χ0v) is 20.8. The van der Waals surface area contributed by atoms with Gasteiger partial charge in [0.2, 0.25) is 0 Å². The van der Waals surface area contributed by atoms with Crippen molar-refractivity contribution >= 4 is 22.9 Å². The minimum atomic E-state index is 0.131. The SMILES string of the molecule is CCC(C)COc1c2c(c(OCC(C)CC)c3cc(C(C)(C)CC)ccc13)=CCCC=2. The normalized spacial score (nSPS) is 15.6. The molecule has 2 heteroatoms. The van der Waals surface area contributed by atoms with Gasteiger partial charge in [-0.05, 0) is 48.1 Å². The minimum Gasteiger partial charge on any atom is -0.492 e. The zero-order valence-electron chi connectivity index (χ0n) is 20.8. The van der Waals surface area contributed by atoms with E-state index in [4.69, 9.17) is 9.47 Å². The molecule has 31 heavy (non-hydrogen) atoms. The van der Waals surface area contributed by atoms with Crippen molar-refractivity contribution in [3.8, 4) is 11.5 Å². The molecule has 0 spiro atoms. The summed E-state index contributed by atoms with van der Waals surface area (Å²) in [6, 6.07) is 6.93. The summed E-state index contributed by atoms with van der Waals surface area (Å²) in [6.07, 6.45) is 10.2. The first-order valence-corrected chi connectivity index (χ1v) is 12.4. The zero-order chi connectivity index (χ0) is 22.6. The van der Waals surface area contributed by atoms with Crippen LogP contribution >= 0.6 is 0 Å². The standard InChI is InChI=1S/C29H42O2/c1-8-20(4)18-30-27-23-13-11-12-14-24(23)28(31-19-21(5)9-2)26-17-22(15-16-25(26)27)29(6,7)10-3/h13-17,20-21H,8-12,18-19H2,1-7H3. The molecule has 0 heterocycles. The van der Waals surface area contributed by atoms with Crippen molar-refractivity contribution in [3.63, 3.8) is 0 Å². The maximum Gasteiger partial charge on any atom is 0.134 e. The van der Waals surface area contributed by atoms with E-state index in [1.165, 1.54) is 26.8 Å². The van der Waals surface area contributed by atoms with Crippen LogP contribution in [0, 0.1) is 11.8 Å². The molecule has 0 aromatic heterocycles. The summed E-state index contributed by atoms with van der Waals surface area (Å²) in [5, 5.41) is 4.84. The summed E-state index contributed by atoms with van der Waals surface area (Å²) in [4.78, 5) is 0. The lowest BCUT2D eigenvalue weighted by Crippen LogP contribution is -2.32. The van der Waals surface area contributed by atoms with Crippen LogP contribution in [0.4, 0.5) is 0 Å². The molecule has 0 saturated carbocycles. The average Bonchev–Trinajstić information content (AvgIpc) is 2.80. The summed E-state index contributed by atoms with van der Waals surface area (Å²) in [5.74, 6) is 3.16. The summed E-state index contributed by atoms with van der Waals surface area (Å²) >= 11 is 0. The molecule has 0 N–H and O–H groups in total. The minimum absolute atomic E-state index is 0.131.